The Morgan fingerprint density at radius 1 is 1.29 bits per heavy atom. The molecular weight excluding hydrogens is 172 g/mol. The van der Waals surface area contributed by atoms with Crippen LogP contribution in [0.1, 0.15) is 18.0 Å². The monoisotopic (exact) mass is 190 g/mol. The molecule has 2 rings (SSSR count). The SMILES string of the molecule is CN1CCCNC(c2ccccc2)C1. The zero-order chi connectivity index (χ0) is 9.80. The van der Waals surface area contributed by atoms with Gasteiger partial charge in [-0.2, -0.15) is 0 Å². The van der Waals surface area contributed by atoms with Gasteiger partial charge in [-0.05, 0) is 32.1 Å². The third kappa shape index (κ3) is 2.34. The van der Waals surface area contributed by atoms with Gasteiger partial charge in [-0.1, -0.05) is 30.3 Å². The molecular formula is C12H18N2. The molecule has 1 N–H and O–H groups in total. The van der Waals surface area contributed by atoms with Crippen LogP contribution in [-0.2, 0) is 0 Å². The molecule has 1 aliphatic heterocycles. The van der Waals surface area contributed by atoms with Gasteiger partial charge in [-0.3, -0.25) is 0 Å². The number of benzene rings is 1. The maximum Gasteiger partial charge on any atom is 0.0449 e. The van der Waals surface area contributed by atoms with E-state index in [1.165, 1.54) is 18.5 Å². The van der Waals surface area contributed by atoms with Gasteiger partial charge in [0.2, 0.25) is 0 Å². The van der Waals surface area contributed by atoms with Crippen molar-refractivity contribution in [2.75, 3.05) is 26.7 Å². The highest BCUT2D eigenvalue weighted by atomic mass is 15.1. The van der Waals surface area contributed by atoms with E-state index in [4.69, 9.17) is 0 Å². The third-order valence-corrected chi connectivity index (χ3v) is 2.80. The zero-order valence-electron chi connectivity index (χ0n) is 8.74. The Morgan fingerprint density at radius 3 is 2.86 bits per heavy atom. The first-order valence-corrected chi connectivity index (χ1v) is 5.33. The average molecular weight is 190 g/mol. The van der Waals surface area contributed by atoms with Crippen LogP contribution in [0.3, 0.4) is 0 Å². The van der Waals surface area contributed by atoms with Gasteiger partial charge >= 0.3 is 0 Å². The third-order valence-electron chi connectivity index (χ3n) is 2.80. The van der Waals surface area contributed by atoms with Crippen LogP contribution in [0, 0.1) is 0 Å². The molecule has 1 aliphatic rings. The van der Waals surface area contributed by atoms with Gasteiger partial charge in [0.15, 0.2) is 0 Å². The van der Waals surface area contributed by atoms with Gasteiger partial charge < -0.3 is 10.2 Å². The highest BCUT2D eigenvalue weighted by molar-refractivity contribution is 5.19. The molecule has 1 heterocycles. The quantitative estimate of drug-likeness (QED) is 0.724. The minimum absolute atomic E-state index is 0.503. The van der Waals surface area contributed by atoms with E-state index in [1.807, 2.05) is 0 Å². The van der Waals surface area contributed by atoms with Crippen molar-refractivity contribution in [1.82, 2.24) is 10.2 Å². The van der Waals surface area contributed by atoms with Gasteiger partial charge in [0.25, 0.3) is 0 Å². The molecule has 1 fully saturated rings. The predicted molar refractivity (Wildman–Crippen MR) is 59.3 cm³/mol. The fourth-order valence-corrected chi connectivity index (χ4v) is 2.00. The summed E-state index contributed by atoms with van der Waals surface area (Å²) in [5.41, 5.74) is 1.40. The highest BCUT2D eigenvalue weighted by Gasteiger charge is 2.15. The number of likely N-dealkylation sites (N-methyl/N-ethyl adjacent to an activating group) is 1. The molecule has 76 valence electrons. The van der Waals surface area contributed by atoms with Crippen LogP contribution in [0.2, 0.25) is 0 Å². The lowest BCUT2D eigenvalue weighted by molar-refractivity contribution is 0.326. The molecule has 0 aromatic heterocycles. The van der Waals surface area contributed by atoms with Crippen LogP contribution in [0.5, 0.6) is 0 Å². The van der Waals surface area contributed by atoms with Crippen molar-refractivity contribution in [3.8, 4) is 0 Å². The molecule has 1 aromatic rings. The minimum Gasteiger partial charge on any atom is -0.309 e. The Kier molecular flexibility index (Phi) is 3.17. The molecule has 1 unspecified atom stereocenters. The molecule has 2 heteroatoms. The topological polar surface area (TPSA) is 15.3 Å². The largest absolute Gasteiger partial charge is 0.309 e. The number of hydrogen-bond donors (Lipinski definition) is 1. The molecule has 1 saturated heterocycles. The maximum absolute atomic E-state index is 3.59. The second-order valence-corrected chi connectivity index (χ2v) is 4.03. The molecule has 0 saturated carbocycles. The van der Waals surface area contributed by atoms with E-state index >= 15 is 0 Å². The summed E-state index contributed by atoms with van der Waals surface area (Å²) >= 11 is 0. The Bertz CT molecular complexity index is 271. The lowest BCUT2D eigenvalue weighted by Crippen LogP contribution is -2.28. The molecule has 0 radical (unpaired) electrons. The van der Waals surface area contributed by atoms with Crippen LogP contribution in [0.25, 0.3) is 0 Å². The summed E-state index contributed by atoms with van der Waals surface area (Å²) in [6.45, 7) is 3.45. The summed E-state index contributed by atoms with van der Waals surface area (Å²) in [6, 6.07) is 11.2. The van der Waals surface area contributed by atoms with E-state index in [0.717, 1.165) is 13.1 Å². The number of nitrogens with one attached hydrogen (secondary N) is 1. The van der Waals surface area contributed by atoms with Crippen molar-refractivity contribution in [3.05, 3.63) is 35.9 Å². The molecule has 2 nitrogen and oxygen atoms in total. The van der Waals surface area contributed by atoms with E-state index in [2.05, 4.69) is 47.6 Å². The van der Waals surface area contributed by atoms with Crippen molar-refractivity contribution in [2.24, 2.45) is 0 Å². The normalized spacial score (nSPS) is 24.5. The molecule has 0 aliphatic carbocycles. The van der Waals surface area contributed by atoms with Crippen molar-refractivity contribution in [1.29, 1.82) is 0 Å². The van der Waals surface area contributed by atoms with E-state index in [1.54, 1.807) is 0 Å². The Hall–Kier alpha value is -0.860. The molecule has 1 aromatic carbocycles. The zero-order valence-corrected chi connectivity index (χ0v) is 8.74. The first-order valence-electron chi connectivity index (χ1n) is 5.33. The second kappa shape index (κ2) is 4.58. The van der Waals surface area contributed by atoms with Crippen LogP contribution >= 0.6 is 0 Å². The fraction of sp³-hybridized carbons (Fsp3) is 0.500. The van der Waals surface area contributed by atoms with Crippen molar-refractivity contribution < 1.29 is 0 Å². The summed E-state index contributed by atoms with van der Waals surface area (Å²) < 4.78 is 0. The Balaban J connectivity index is 2.09. The Labute approximate surface area is 85.9 Å². The van der Waals surface area contributed by atoms with Gasteiger partial charge in [0.05, 0.1) is 0 Å². The lowest BCUT2D eigenvalue weighted by atomic mass is 10.1. The van der Waals surface area contributed by atoms with Crippen LogP contribution in [0.4, 0.5) is 0 Å². The van der Waals surface area contributed by atoms with Crippen molar-refractivity contribution >= 4 is 0 Å². The van der Waals surface area contributed by atoms with Crippen molar-refractivity contribution in [3.63, 3.8) is 0 Å². The summed E-state index contributed by atoms with van der Waals surface area (Å²) in [4.78, 5) is 2.40. The first-order chi connectivity index (χ1) is 6.86. The van der Waals surface area contributed by atoms with Gasteiger partial charge in [0.1, 0.15) is 0 Å². The maximum atomic E-state index is 3.59. The number of hydrogen-bond acceptors (Lipinski definition) is 2. The summed E-state index contributed by atoms with van der Waals surface area (Å²) in [5, 5.41) is 3.59. The van der Waals surface area contributed by atoms with Gasteiger partial charge in [-0.25, -0.2) is 0 Å². The Morgan fingerprint density at radius 2 is 2.07 bits per heavy atom. The molecule has 0 amide bonds. The van der Waals surface area contributed by atoms with Crippen LogP contribution in [0.15, 0.2) is 30.3 Å². The van der Waals surface area contributed by atoms with Crippen molar-refractivity contribution in [2.45, 2.75) is 12.5 Å². The summed E-state index contributed by atoms with van der Waals surface area (Å²) in [6.07, 6.45) is 1.25. The summed E-state index contributed by atoms with van der Waals surface area (Å²) in [7, 11) is 2.20. The molecule has 0 bridgehead atoms. The van der Waals surface area contributed by atoms with E-state index in [9.17, 15) is 0 Å². The lowest BCUT2D eigenvalue weighted by Gasteiger charge is -2.20. The number of rotatable bonds is 1. The minimum atomic E-state index is 0.503. The molecule has 14 heavy (non-hydrogen) atoms. The highest BCUT2D eigenvalue weighted by Crippen LogP contribution is 2.15. The summed E-state index contributed by atoms with van der Waals surface area (Å²) in [5.74, 6) is 0. The smallest absolute Gasteiger partial charge is 0.0449 e. The average Bonchev–Trinajstić information content (AvgIpc) is 2.44. The van der Waals surface area contributed by atoms with Crippen LogP contribution < -0.4 is 5.32 Å². The van der Waals surface area contributed by atoms with Gasteiger partial charge in [0, 0.05) is 12.6 Å². The van der Waals surface area contributed by atoms with E-state index in [0.29, 0.717) is 6.04 Å². The van der Waals surface area contributed by atoms with E-state index in [-0.39, 0.29) is 0 Å². The van der Waals surface area contributed by atoms with Gasteiger partial charge in [-0.15, -0.1) is 0 Å². The second-order valence-electron chi connectivity index (χ2n) is 4.03. The van der Waals surface area contributed by atoms with Crippen LogP contribution in [-0.4, -0.2) is 31.6 Å². The number of nitrogens with zero attached hydrogens (tertiary/aromatic N) is 1. The predicted octanol–water partition coefficient (Wildman–Crippen LogP) is 1.65. The molecule has 1 atom stereocenters. The fourth-order valence-electron chi connectivity index (χ4n) is 2.00. The standard InChI is InChI=1S/C12H18N2/c1-14-9-5-8-13-12(10-14)11-6-3-2-4-7-11/h2-4,6-7,12-13H,5,8-10H2,1H3. The van der Waals surface area contributed by atoms with E-state index < -0.39 is 0 Å². The molecule has 0 spiro atoms. The first kappa shape index (κ1) is 9.69.